The molecule has 4 heteroatoms. The van der Waals surface area contributed by atoms with Crippen molar-refractivity contribution in [2.45, 2.75) is 44.3 Å². The summed E-state index contributed by atoms with van der Waals surface area (Å²) in [5.41, 5.74) is -0.170. The van der Waals surface area contributed by atoms with Crippen LogP contribution in [0.5, 0.6) is 0 Å². The lowest BCUT2D eigenvalue weighted by Crippen LogP contribution is -2.30. The van der Waals surface area contributed by atoms with Gasteiger partial charge in [-0.25, -0.2) is 4.98 Å². The van der Waals surface area contributed by atoms with Crippen molar-refractivity contribution in [1.82, 2.24) is 4.98 Å². The molecule has 15 heavy (non-hydrogen) atoms. The summed E-state index contributed by atoms with van der Waals surface area (Å²) in [6.45, 7) is 0.0808. The Hall–Kier alpha value is -0.450. The predicted octanol–water partition coefficient (Wildman–Crippen LogP) is 2.44. The van der Waals surface area contributed by atoms with Crippen LogP contribution in [0.3, 0.4) is 0 Å². The summed E-state index contributed by atoms with van der Waals surface area (Å²) in [6.07, 6.45) is 7.59. The minimum absolute atomic E-state index is 0.0808. The van der Waals surface area contributed by atoms with Crippen LogP contribution in [0.2, 0.25) is 0 Å². The van der Waals surface area contributed by atoms with Crippen LogP contribution in [-0.4, -0.2) is 17.2 Å². The summed E-state index contributed by atoms with van der Waals surface area (Å²) in [4.78, 5) is 5.31. The van der Waals surface area contributed by atoms with Gasteiger partial charge in [0.05, 0.1) is 11.5 Å². The third-order valence-corrected chi connectivity index (χ3v) is 4.32. The minimum Gasteiger partial charge on any atom is -0.391 e. The number of aromatic nitrogens is 1. The highest BCUT2D eigenvalue weighted by Crippen LogP contribution is 2.41. The molecular formula is C11H17NO2S. The van der Waals surface area contributed by atoms with Crippen molar-refractivity contribution < 1.29 is 9.84 Å². The molecule has 1 aromatic heterocycles. The third kappa shape index (κ3) is 2.07. The van der Waals surface area contributed by atoms with Gasteiger partial charge in [0.2, 0.25) is 0 Å². The molecule has 1 aliphatic carbocycles. The van der Waals surface area contributed by atoms with Gasteiger partial charge < -0.3 is 9.84 Å². The molecule has 0 amide bonds. The maximum absolute atomic E-state index is 9.04. The van der Waals surface area contributed by atoms with Crippen molar-refractivity contribution in [2.24, 2.45) is 0 Å². The molecule has 2 rings (SSSR count). The topological polar surface area (TPSA) is 42.4 Å². The Morgan fingerprint density at radius 2 is 2.20 bits per heavy atom. The van der Waals surface area contributed by atoms with Crippen LogP contribution in [-0.2, 0) is 16.9 Å². The van der Waals surface area contributed by atoms with E-state index in [9.17, 15) is 0 Å². The van der Waals surface area contributed by atoms with E-state index in [1.54, 1.807) is 24.6 Å². The van der Waals surface area contributed by atoms with E-state index in [1.165, 1.54) is 19.3 Å². The molecule has 84 valence electrons. The first kappa shape index (κ1) is 11.0. The summed E-state index contributed by atoms with van der Waals surface area (Å²) < 4.78 is 5.69. The number of aliphatic hydroxyl groups excluding tert-OH is 1. The average Bonchev–Trinajstić information content (AvgIpc) is 2.79. The number of hydrogen-bond donors (Lipinski definition) is 1. The summed E-state index contributed by atoms with van der Waals surface area (Å²) in [5, 5.41) is 10.1. The van der Waals surface area contributed by atoms with Gasteiger partial charge in [-0.05, 0) is 12.8 Å². The number of rotatable bonds is 3. The normalized spacial score (nSPS) is 20.4. The lowest BCUT2D eigenvalue weighted by Gasteiger charge is -2.34. The molecule has 1 aromatic rings. The third-order valence-electron chi connectivity index (χ3n) is 3.15. The Morgan fingerprint density at radius 1 is 1.47 bits per heavy atom. The van der Waals surface area contributed by atoms with Crippen molar-refractivity contribution in [2.75, 3.05) is 7.11 Å². The number of nitrogens with zero attached hydrogens (tertiary/aromatic N) is 1. The van der Waals surface area contributed by atoms with E-state index in [1.807, 2.05) is 0 Å². The molecule has 0 aromatic carbocycles. The molecular weight excluding hydrogens is 210 g/mol. The van der Waals surface area contributed by atoms with Crippen LogP contribution in [0.15, 0.2) is 6.20 Å². The number of aliphatic hydroxyl groups is 1. The van der Waals surface area contributed by atoms with Gasteiger partial charge in [-0.2, -0.15) is 0 Å². The fourth-order valence-corrected chi connectivity index (χ4v) is 3.22. The Morgan fingerprint density at radius 3 is 2.73 bits per heavy atom. The quantitative estimate of drug-likeness (QED) is 0.862. The first-order chi connectivity index (χ1) is 7.30. The van der Waals surface area contributed by atoms with Crippen LogP contribution in [0.25, 0.3) is 0 Å². The summed E-state index contributed by atoms with van der Waals surface area (Å²) in [6, 6.07) is 0. The van der Waals surface area contributed by atoms with Gasteiger partial charge in [0.15, 0.2) is 0 Å². The van der Waals surface area contributed by atoms with E-state index in [0.29, 0.717) is 0 Å². The summed E-state index contributed by atoms with van der Waals surface area (Å²) in [7, 11) is 1.77. The summed E-state index contributed by atoms with van der Waals surface area (Å²) in [5.74, 6) is 0. The lowest BCUT2D eigenvalue weighted by molar-refractivity contribution is -0.0446. The molecule has 1 fully saturated rings. The highest BCUT2D eigenvalue weighted by Gasteiger charge is 2.36. The zero-order valence-corrected chi connectivity index (χ0v) is 9.85. The number of hydrogen-bond acceptors (Lipinski definition) is 4. The van der Waals surface area contributed by atoms with Crippen molar-refractivity contribution in [3.63, 3.8) is 0 Å². The van der Waals surface area contributed by atoms with E-state index in [4.69, 9.17) is 9.84 Å². The zero-order valence-electron chi connectivity index (χ0n) is 9.03. The first-order valence-corrected chi connectivity index (χ1v) is 6.23. The first-order valence-electron chi connectivity index (χ1n) is 5.42. The van der Waals surface area contributed by atoms with E-state index >= 15 is 0 Å². The van der Waals surface area contributed by atoms with Gasteiger partial charge in [0.1, 0.15) is 10.6 Å². The van der Waals surface area contributed by atoms with E-state index in [-0.39, 0.29) is 12.2 Å². The maximum atomic E-state index is 9.04. The van der Waals surface area contributed by atoms with Gasteiger partial charge in [0, 0.05) is 13.3 Å². The van der Waals surface area contributed by atoms with Crippen LogP contribution in [0.1, 0.15) is 42.0 Å². The molecule has 0 atom stereocenters. The average molecular weight is 227 g/mol. The minimum atomic E-state index is -0.170. The highest BCUT2D eigenvalue weighted by atomic mass is 32.1. The monoisotopic (exact) mass is 227 g/mol. The SMILES string of the molecule is COC1(c2ncc(CO)s2)CCCCC1. The van der Waals surface area contributed by atoms with Gasteiger partial charge in [-0.15, -0.1) is 11.3 Å². The fourth-order valence-electron chi connectivity index (χ4n) is 2.22. The largest absolute Gasteiger partial charge is 0.391 e. The molecule has 1 heterocycles. The second kappa shape index (κ2) is 4.60. The molecule has 3 nitrogen and oxygen atoms in total. The molecule has 1 N–H and O–H groups in total. The van der Waals surface area contributed by atoms with E-state index in [2.05, 4.69) is 4.98 Å². The number of ether oxygens (including phenoxy) is 1. The molecule has 0 spiro atoms. The van der Waals surface area contributed by atoms with Crippen molar-refractivity contribution in [3.8, 4) is 0 Å². The molecule has 1 aliphatic rings. The Kier molecular flexibility index (Phi) is 3.38. The molecule has 0 unspecified atom stereocenters. The van der Waals surface area contributed by atoms with Crippen molar-refractivity contribution in [3.05, 3.63) is 16.1 Å². The molecule has 1 saturated carbocycles. The van der Waals surface area contributed by atoms with E-state index in [0.717, 1.165) is 22.7 Å². The van der Waals surface area contributed by atoms with Gasteiger partial charge in [0.25, 0.3) is 0 Å². The predicted molar refractivity (Wildman–Crippen MR) is 59.8 cm³/mol. The molecule has 0 aliphatic heterocycles. The number of thiazole rings is 1. The van der Waals surface area contributed by atoms with Crippen LogP contribution >= 0.6 is 11.3 Å². The Bertz CT molecular complexity index is 318. The molecule has 0 bridgehead atoms. The fraction of sp³-hybridized carbons (Fsp3) is 0.727. The Labute approximate surface area is 94.1 Å². The Balaban J connectivity index is 2.24. The van der Waals surface area contributed by atoms with Gasteiger partial charge in [-0.3, -0.25) is 0 Å². The standard InChI is InChI=1S/C11H17NO2S/c1-14-11(5-3-2-4-6-11)10-12-7-9(8-13)15-10/h7,13H,2-6,8H2,1H3. The zero-order chi connectivity index (χ0) is 10.7. The van der Waals surface area contributed by atoms with Crippen molar-refractivity contribution >= 4 is 11.3 Å². The van der Waals surface area contributed by atoms with Crippen LogP contribution in [0.4, 0.5) is 0 Å². The smallest absolute Gasteiger partial charge is 0.125 e. The second-order valence-corrected chi connectivity index (χ2v) is 5.16. The lowest BCUT2D eigenvalue weighted by atomic mass is 9.85. The summed E-state index contributed by atoms with van der Waals surface area (Å²) >= 11 is 1.58. The highest BCUT2D eigenvalue weighted by molar-refractivity contribution is 7.11. The van der Waals surface area contributed by atoms with E-state index < -0.39 is 0 Å². The second-order valence-electron chi connectivity index (χ2n) is 4.05. The van der Waals surface area contributed by atoms with Gasteiger partial charge >= 0.3 is 0 Å². The van der Waals surface area contributed by atoms with Gasteiger partial charge in [-0.1, -0.05) is 19.3 Å². The molecule has 0 radical (unpaired) electrons. The van der Waals surface area contributed by atoms with Crippen molar-refractivity contribution in [1.29, 1.82) is 0 Å². The van der Waals surface area contributed by atoms with Crippen LogP contribution < -0.4 is 0 Å². The molecule has 0 saturated heterocycles. The van der Waals surface area contributed by atoms with Crippen LogP contribution in [0, 0.1) is 0 Å². The number of methoxy groups -OCH3 is 1. The maximum Gasteiger partial charge on any atom is 0.125 e.